The number of thioether (sulfide) groups is 1. The van der Waals surface area contributed by atoms with Crippen molar-refractivity contribution < 1.29 is 19.1 Å². The van der Waals surface area contributed by atoms with Gasteiger partial charge in [0.15, 0.2) is 11.0 Å². The van der Waals surface area contributed by atoms with E-state index in [1.54, 1.807) is 24.5 Å². The molecule has 31 heavy (non-hydrogen) atoms. The van der Waals surface area contributed by atoms with Crippen molar-refractivity contribution >= 4 is 57.2 Å². The van der Waals surface area contributed by atoms with Gasteiger partial charge in [-0.1, -0.05) is 17.8 Å². The zero-order valence-electron chi connectivity index (χ0n) is 16.9. The molecule has 0 unspecified atom stereocenters. The molecule has 2 amide bonds. The van der Waals surface area contributed by atoms with Crippen molar-refractivity contribution in [3.8, 4) is 10.7 Å². The van der Waals surface area contributed by atoms with Crippen LogP contribution in [0.25, 0.3) is 10.7 Å². The van der Waals surface area contributed by atoms with Crippen LogP contribution in [0.4, 0.5) is 5.00 Å². The molecule has 3 aromatic heterocycles. The van der Waals surface area contributed by atoms with Gasteiger partial charge in [0.25, 0.3) is 0 Å². The van der Waals surface area contributed by atoms with Gasteiger partial charge in [0.2, 0.25) is 11.8 Å². The monoisotopic (exact) mass is 479 g/mol. The van der Waals surface area contributed by atoms with Crippen LogP contribution in [0.5, 0.6) is 0 Å². The molecule has 164 valence electrons. The first kappa shape index (κ1) is 23.0. The molecule has 0 aliphatic rings. The van der Waals surface area contributed by atoms with Crippen LogP contribution in [-0.2, 0) is 20.9 Å². The second kappa shape index (κ2) is 10.6. The number of thiophene rings is 2. The fraction of sp³-hybridized carbons (Fsp3) is 0.316. The summed E-state index contributed by atoms with van der Waals surface area (Å²) >= 11 is 3.90. The van der Waals surface area contributed by atoms with Crippen molar-refractivity contribution in [2.45, 2.75) is 32.0 Å². The Morgan fingerprint density at radius 2 is 2.13 bits per heavy atom. The molecule has 0 aliphatic carbocycles. The quantitative estimate of drug-likeness (QED) is 0.337. The summed E-state index contributed by atoms with van der Waals surface area (Å²) in [6, 6.07) is 5.56. The van der Waals surface area contributed by atoms with Crippen LogP contribution in [0.3, 0.4) is 0 Å². The van der Waals surface area contributed by atoms with E-state index in [2.05, 4.69) is 15.5 Å². The van der Waals surface area contributed by atoms with E-state index in [1.807, 2.05) is 17.5 Å². The Bertz CT molecular complexity index is 1070. The third-order valence-electron chi connectivity index (χ3n) is 4.01. The van der Waals surface area contributed by atoms with E-state index in [0.717, 1.165) is 10.4 Å². The minimum atomic E-state index is -0.426. The van der Waals surface area contributed by atoms with E-state index >= 15 is 0 Å². The van der Waals surface area contributed by atoms with Gasteiger partial charge in [-0.15, -0.1) is 32.9 Å². The van der Waals surface area contributed by atoms with Gasteiger partial charge in [-0.2, -0.15) is 0 Å². The summed E-state index contributed by atoms with van der Waals surface area (Å²) in [5.74, 6) is -0.352. The number of hydrogen-bond acceptors (Lipinski definition) is 9. The first-order chi connectivity index (χ1) is 14.9. The number of primary amides is 1. The topological polar surface area (TPSA) is 129 Å². The Balaban J connectivity index is 1.67. The number of nitrogens with two attached hydrogens (primary N) is 1. The number of carbonyl (C=O) groups excluding carboxylic acids is 3. The van der Waals surface area contributed by atoms with Gasteiger partial charge in [0, 0.05) is 13.0 Å². The number of esters is 1. The maximum Gasteiger partial charge on any atom is 0.348 e. The Kier molecular flexibility index (Phi) is 7.82. The molecule has 0 aromatic carbocycles. The van der Waals surface area contributed by atoms with Crippen LogP contribution in [0.15, 0.2) is 28.7 Å². The lowest BCUT2D eigenvalue weighted by Gasteiger charge is -2.08. The summed E-state index contributed by atoms with van der Waals surface area (Å²) in [6.07, 6.45) is 0.140. The zero-order chi connectivity index (χ0) is 22.4. The van der Waals surface area contributed by atoms with Gasteiger partial charge in [0.1, 0.15) is 4.88 Å². The Morgan fingerprint density at radius 3 is 2.81 bits per heavy atom. The van der Waals surface area contributed by atoms with Crippen LogP contribution >= 0.6 is 34.4 Å². The van der Waals surface area contributed by atoms with Crippen LogP contribution < -0.4 is 11.1 Å². The van der Waals surface area contributed by atoms with Crippen molar-refractivity contribution in [2.24, 2.45) is 5.73 Å². The molecule has 3 rings (SSSR count). The number of nitrogens with one attached hydrogen (secondary N) is 1. The van der Waals surface area contributed by atoms with Gasteiger partial charge in [-0.05, 0) is 36.9 Å². The molecular weight excluding hydrogens is 458 g/mol. The smallest absolute Gasteiger partial charge is 0.348 e. The number of nitrogens with zero attached hydrogens (tertiary/aromatic N) is 3. The highest BCUT2D eigenvalue weighted by molar-refractivity contribution is 7.99. The largest absolute Gasteiger partial charge is 0.462 e. The number of ether oxygens (including phenoxy) is 1. The maximum atomic E-state index is 12.4. The molecule has 0 aliphatic heterocycles. The summed E-state index contributed by atoms with van der Waals surface area (Å²) in [4.78, 5) is 37.0. The van der Waals surface area contributed by atoms with Crippen LogP contribution in [0.1, 0.15) is 28.6 Å². The molecule has 0 fully saturated rings. The highest BCUT2D eigenvalue weighted by Crippen LogP contribution is 2.29. The number of hydrogen-bond donors (Lipinski definition) is 2. The van der Waals surface area contributed by atoms with Crippen LogP contribution in [0.2, 0.25) is 0 Å². The lowest BCUT2D eigenvalue weighted by atomic mass is 10.3. The van der Waals surface area contributed by atoms with E-state index in [1.165, 1.54) is 34.4 Å². The van der Waals surface area contributed by atoms with E-state index in [0.29, 0.717) is 34.0 Å². The zero-order valence-corrected chi connectivity index (χ0v) is 19.4. The maximum absolute atomic E-state index is 12.4. The number of aryl methyl sites for hydroxylation is 1. The van der Waals surface area contributed by atoms with Crippen molar-refractivity contribution in [1.29, 1.82) is 0 Å². The van der Waals surface area contributed by atoms with E-state index in [-0.39, 0.29) is 18.1 Å². The van der Waals surface area contributed by atoms with Crippen LogP contribution in [-0.4, -0.2) is 44.9 Å². The molecule has 0 saturated heterocycles. The summed E-state index contributed by atoms with van der Waals surface area (Å²) in [7, 11) is 0. The van der Waals surface area contributed by atoms with Crippen molar-refractivity contribution in [2.75, 3.05) is 17.7 Å². The molecule has 3 N–H and O–H groups in total. The normalized spacial score (nSPS) is 10.8. The Hall–Kier alpha value is -2.70. The summed E-state index contributed by atoms with van der Waals surface area (Å²) in [5, 5.41) is 14.2. The third-order valence-corrected chi connectivity index (χ3v) is 6.98. The van der Waals surface area contributed by atoms with Gasteiger partial charge in [0.05, 0.1) is 22.2 Å². The van der Waals surface area contributed by atoms with E-state index < -0.39 is 11.9 Å². The van der Waals surface area contributed by atoms with Gasteiger partial charge in [-0.3, -0.25) is 9.59 Å². The third kappa shape index (κ3) is 5.93. The van der Waals surface area contributed by atoms with E-state index in [4.69, 9.17) is 10.5 Å². The minimum absolute atomic E-state index is 0.0881. The molecule has 0 bridgehead atoms. The number of rotatable bonds is 10. The first-order valence-electron chi connectivity index (χ1n) is 9.34. The second-order valence-electron chi connectivity index (χ2n) is 6.33. The summed E-state index contributed by atoms with van der Waals surface area (Å²) < 4.78 is 6.82. The molecular formula is C19H21N5O4S3. The second-order valence-corrected chi connectivity index (χ2v) is 9.27. The predicted octanol–water partition coefficient (Wildman–Crippen LogP) is 3.16. The average Bonchev–Trinajstić information content (AvgIpc) is 3.44. The fourth-order valence-corrected chi connectivity index (χ4v) is 5.12. The van der Waals surface area contributed by atoms with Crippen molar-refractivity contribution in [3.05, 3.63) is 34.0 Å². The lowest BCUT2D eigenvalue weighted by Crippen LogP contribution is -2.16. The highest BCUT2D eigenvalue weighted by Gasteiger charge is 2.19. The lowest BCUT2D eigenvalue weighted by molar-refractivity contribution is -0.118. The van der Waals surface area contributed by atoms with Gasteiger partial charge in [-0.25, -0.2) is 4.79 Å². The number of anilines is 1. The van der Waals surface area contributed by atoms with Crippen molar-refractivity contribution in [3.63, 3.8) is 0 Å². The molecule has 0 spiro atoms. The summed E-state index contributed by atoms with van der Waals surface area (Å²) in [6.45, 7) is 4.15. The standard InChI is InChI=1S/C19H21N5O4S3/c1-3-28-18(27)16-11(2)9-15(31-16)21-14(26)10-30-19-23-22-17(12-5-4-8-29-12)24(19)7-6-13(20)25/h4-5,8-9H,3,6-7,10H2,1-2H3,(H2,20,25)(H,21,26). The number of carbonyl (C=O) groups is 3. The minimum Gasteiger partial charge on any atom is -0.462 e. The molecule has 12 heteroatoms. The molecule has 0 saturated carbocycles. The Morgan fingerprint density at radius 1 is 1.32 bits per heavy atom. The van der Waals surface area contributed by atoms with Crippen LogP contribution in [0, 0.1) is 6.92 Å². The molecule has 3 heterocycles. The van der Waals surface area contributed by atoms with Gasteiger partial charge >= 0.3 is 5.97 Å². The SMILES string of the molecule is CCOC(=O)c1sc(NC(=O)CSc2nnc(-c3cccs3)n2CCC(N)=O)cc1C. The fourth-order valence-electron chi connectivity index (χ4n) is 2.65. The molecule has 3 aromatic rings. The molecule has 0 radical (unpaired) electrons. The van der Waals surface area contributed by atoms with Gasteiger partial charge < -0.3 is 20.4 Å². The number of aromatic nitrogens is 3. The highest BCUT2D eigenvalue weighted by atomic mass is 32.2. The first-order valence-corrected chi connectivity index (χ1v) is 12.0. The molecule has 0 atom stereocenters. The van der Waals surface area contributed by atoms with E-state index in [9.17, 15) is 14.4 Å². The number of amides is 2. The Labute approximate surface area is 191 Å². The average molecular weight is 480 g/mol. The molecule has 9 nitrogen and oxygen atoms in total. The van der Waals surface area contributed by atoms with Crippen molar-refractivity contribution in [1.82, 2.24) is 14.8 Å². The predicted molar refractivity (Wildman–Crippen MR) is 122 cm³/mol. The summed E-state index contributed by atoms with van der Waals surface area (Å²) in [5.41, 5.74) is 6.05.